The molecule has 0 N–H and O–H groups in total. The van der Waals surface area contributed by atoms with Gasteiger partial charge in [-0.05, 0) is 42.5 Å². The van der Waals surface area contributed by atoms with Crippen molar-refractivity contribution in [1.82, 2.24) is 15.0 Å². The van der Waals surface area contributed by atoms with Crippen molar-refractivity contribution >= 4 is 40.7 Å². The van der Waals surface area contributed by atoms with Crippen molar-refractivity contribution in [2.24, 2.45) is 0 Å². The Bertz CT molecular complexity index is 910. The summed E-state index contributed by atoms with van der Waals surface area (Å²) in [4.78, 5) is 18.2. The molecule has 1 amide bonds. The number of carbonyl (C=O) groups is 1. The largest absolute Gasteiger partial charge is 0.337 e. The van der Waals surface area contributed by atoms with E-state index in [1.54, 1.807) is 43.4 Å². The fraction of sp³-hybridized carbons (Fsp3) is 0.118. The summed E-state index contributed by atoms with van der Waals surface area (Å²) in [6.07, 6.45) is 0. The number of nitrogens with zero attached hydrogens (tertiary/aromatic N) is 3. The van der Waals surface area contributed by atoms with Gasteiger partial charge in [0.2, 0.25) is 11.7 Å². The lowest BCUT2D eigenvalue weighted by molar-refractivity contribution is 0.0770. The maximum Gasteiger partial charge on any atom is 0.255 e. The van der Waals surface area contributed by atoms with E-state index >= 15 is 0 Å². The second-order valence-corrected chi connectivity index (χ2v) is 6.58. The van der Waals surface area contributed by atoms with Crippen LogP contribution in [-0.4, -0.2) is 28.0 Å². The molecule has 3 rings (SSSR count). The topological polar surface area (TPSA) is 59.2 Å². The smallest absolute Gasteiger partial charge is 0.255 e. The third-order valence-corrected chi connectivity index (χ3v) is 4.25. The van der Waals surface area contributed by atoms with Crippen LogP contribution in [0.4, 0.5) is 0 Å². The van der Waals surface area contributed by atoms with Gasteiger partial charge in [-0.3, -0.25) is 4.79 Å². The first-order valence-corrected chi connectivity index (χ1v) is 8.36. The number of halogens is 3. The van der Waals surface area contributed by atoms with Crippen molar-refractivity contribution in [3.8, 4) is 11.4 Å². The molecule has 0 aliphatic heterocycles. The van der Waals surface area contributed by atoms with Gasteiger partial charge in [0.1, 0.15) is 0 Å². The maximum absolute atomic E-state index is 12.5. The summed E-state index contributed by atoms with van der Waals surface area (Å²) in [5, 5.41) is 5.30. The van der Waals surface area contributed by atoms with Gasteiger partial charge in [-0.2, -0.15) is 4.98 Å². The molecule has 2 aromatic carbocycles. The monoisotopic (exact) mass is 395 g/mol. The molecule has 0 fully saturated rings. The molecule has 0 saturated heterocycles. The summed E-state index contributed by atoms with van der Waals surface area (Å²) in [6, 6.07) is 11.8. The highest BCUT2D eigenvalue weighted by molar-refractivity contribution is 6.36. The molecule has 0 spiro atoms. The van der Waals surface area contributed by atoms with Crippen LogP contribution in [0.3, 0.4) is 0 Å². The van der Waals surface area contributed by atoms with Crippen molar-refractivity contribution in [2.75, 3.05) is 7.05 Å². The van der Waals surface area contributed by atoms with Gasteiger partial charge in [0, 0.05) is 22.7 Å². The van der Waals surface area contributed by atoms with Crippen LogP contribution in [0.2, 0.25) is 15.1 Å². The molecule has 0 bridgehead atoms. The van der Waals surface area contributed by atoms with Gasteiger partial charge in [0.15, 0.2) is 0 Å². The molecule has 1 aromatic heterocycles. The fourth-order valence-electron chi connectivity index (χ4n) is 2.18. The van der Waals surface area contributed by atoms with E-state index in [4.69, 9.17) is 39.3 Å². The van der Waals surface area contributed by atoms with E-state index in [1.165, 1.54) is 11.0 Å². The van der Waals surface area contributed by atoms with Crippen LogP contribution in [0.25, 0.3) is 11.4 Å². The van der Waals surface area contributed by atoms with Crippen LogP contribution in [0.1, 0.15) is 16.2 Å². The van der Waals surface area contributed by atoms with Crippen LogP contribution < -0.4 is 0 Å². The Kier molecular flexibility index (Phi) is 5.27. The van der Waals surface area contributed by atoms with E-state index < -0.39 is 0 Å². The Morgan fingerprint density at radius 3 is 2.44 bits per heavy atom. The SMILES string of the molecule is CN(Cc1nc(-c2ccc(Cl)cc2)no1)C(=O)c1ccc(Cl)cc1Cl. The number of aromatic nitrogens is 2. The third kappa shape index (κ3) is 4.12. The molecular weight excluding hydrogens is 385 g/mol. The first-order valence-electron chi connectivity index (χ1n) is 7.23. The lowest BCUT2D eigenvalue weighted by Gasteiger charge is -2.15. The van der Waals surface area contributed by atoms with Crippen LogP contribution in [0.5, 0.6) is 0 Å². The molecule has 3 aromatic rings. The van der Waals surface area contributed by atoms with Crippen molar-refractivity contribution in [3.63, 3.8) is 0 Å². The summed E-state index contributed by atoms with van der Waals surface area (Å²) >= 11 is 17.8. The average Bonchev–Trinajstić information content (AvgIpc) is 3.03. The molecule has 0 saturated carbocycles. The van der Waals surface area contributed by atoms with Crippen molar-refractivity contribution < 1.29 is 9.32 Å². The first-order chi connectivity index (χ1) is 11.9. The minimum atomic E-state index is -0.270. The molecule has 0 radical (unpaired) electrons. The second-order valence-electron chi connectivity index (χ2n) is 5.30. The number of benzene rings is 2. The molecule has 0 aliphatic rings. The molecule has 0 aliphatic carbocycles. The van der Waals surface area contributed by atoms with Gasteiger partial charge in [-0.25, -0.2) is 0 Å². The van der Waals surface area contributed by atoms with Gasteiger partial charge in [0.25, 0.3) is 5.91 Å². The number of carbonyl (C=O) groups excluding carboxylic acids is 1. The van der Waals surface area contributed by atoms with Gasteiger partial charge >= 0.3 is 0 Å². The molecule has 1 heterocycles. The first kappa shape index (κ1) is 17.7. The summed E-state index contributed by atoms with van der Waals surface area (Å²) in [5.74, 6) is 0.468. The number of hydrogen-bond acceptors (Lipinski definition) is 4. The molecule has 128 valence electrons. The second kappa shape index (κ2) is 7.44. The van der Waals surface area contributed by atoms with Crippen molar-refractivity contribution in [1.29, 1.82) is 0 Å². The van der Waals surface area contributed by atoms with Gasteiger partial charge in [0.05, 0.1) is 17.1 Å². The molecule has 5 nitrogen and oxygen atoms in total. The van der Waals surface area contributed by atoms with Crippen LogP contribution in [-0.2, 0) is 6.54 Å². The Morgan fingerprint density at radius 2 is 1.76 bits per heavy atom. The quantitative estimate of drug-likeness (QED) is 0.625. The van der Waals surface area contributed by atoms with Crippen molar-refractivity contribution in [3.05, 3.63) is 69.0 Å². The number of hydrogen-bond donors (Lipinski definition) is 0. The zero-order valence-corrected chi connectivity index (χ0v) is 15.3. The standard InChI is InChI=1S/C17H12Cl3N3O2/c1-23(17(24)13-7-6-12(19)8-14(13)20)9-15-21-16(22-25-15)10-2-4-11(18)5-3-10/h2-8H,9H2,1H3. The Hall–Kier alpha value is -2.08. The highest BCUT2D eigenvalue weighted by Crippen LogP contribution is 2.23. The van der Waals surface area contributed by atoms with Gasteiger partial charge in [-0.1, -0.05) is 40.0 Å². The predicted octanol–water partition coefficient (Wildman–Crippen LogP) is 4.97. The number of amides is 1. The Labute approximate surface area is 159 Å². The average molecular weight is 397 g/mol. The highest BCUT2D eigenvalue weighted by Gasteiger charge is 2.18. The van der Waals surface area contributed by atoms with E-state index in [9.17, 15) is 4.79 Å². The Morgan fingerprint density at radius 1 is 1.08 bits per heavy atom. The minimum Gasteiger partial charge on any atom is -0.337 e. The van der Waals surface area contributed by atoms with E-state index in [1.807, 2.05) is 0 Å². The Balaban J connectivity index is 1.74. The molecule has 25 heavy (non-hydrogen) atoms. The highest BCUT2D eigenvalue weighted by atomic mass is 35.5. The van der Waals surface area contributed by atoms with E-state index in [0.717, 1.165) is 5.56 Å². The number of rotatable bonds is 4. The lowest BCUT2D eigenvalue weighted by Crippen LogP contribution is -2.26. The van der Waals surface area contributed by atoms with E-state index in [-0.39, 0.29) is 17.5 Å². The predicted molar refractivity (Wildman–Crippen MR) is 97.0 cm³/mol. The summed E-state index contributed by atoms with van der Waals surface area (Å²) in [6.45, 7) is 0.151. The normalized spacial score (nSPS) is 10.7. The lowest BCUT2D eigenvalue weighted by atomic mass is 10.2. The van der Waals surface area contributed by atoms with Gasteiger partial charge < -0.3 is 9.42 Å². The van der Waals surface area contributed by atoms with E-state index in [0.29, 0.717) is 27.3 Å². The van der Waals surface area contributed by atoms with Crippen LogP contribution in [0.15, 0.2) is 47.0 Å². The molecule has 0 atom stereocenters. The van der Waals surface area contributed by atoms with E-state index in [2.05, 4.69) is 10.1 Å². The van der Waals surface area contributed by atoms with Gasteiger partial charge in [-0.15, -0.1) is 0 Å². The third-order valence-electron chi connectivity index (χ3n) is 3.45. The van der Waals surface area contributed by atoms with Crippen molar-refractivity contribution in [2.45, 2.75) is 6.54 Å². The maximum atomic E-state index is 12.5. The summed E-state index contributed by atoms with van der Waals surface area (Å²) in [5.41, 5.74) is 1.13. The summed E-state index contributed by atoms with van der Waals surface area (Å²) in [7, 11) is 1.62. The zero-order chi connectivity index (χ0) is 18.0. The van der Waals surface area contributed by atoms with Crippen LogP contribution >= 0.6 is 34.8 Å². The molecule has 8 heteroatoms. The fourth-order valence-corrected chi connectivity index (χ4v) is 2.79. The zero-order valence-electron chi connectivity index (χ0n) is 13.0. The van der Waals surface area contributed by atoms with Crippen LogP contribution in [0, 0.1) is 0 Å². The molecular formula is C17H12Cl3N3O2. The summed E-state index contributed by atoms with van der Waals surface area (Å²) < 4.78 is 5.21. The molecule has 0 unspecified atom stereocenters. The minimum absolute atomic E-state index is 0.151.